The molecule has 1 aliphatic heterocycles. The second-order valence-electron chi connectivity index (χ2n) is 4.61. The van der Waals surface area contributed by atoms with Gasteiger partial charge in [0, 0.05) is 6.61 Å². The summed E-state index contributed by atoms with van der Waals surface area (Å²) in [7, 11) is -8.17. The van der Waals surface area contributed by atoms with Crippen LogP contribution in [0.2, 0.25) is 0 Å². The van der Waals surface area contributed by atoms with Crippen molar-refractivity contribution in [3.8, 4) is 0 Å². The van der Waals surface area contributed by atoms with Gasteiger partial charge in [-0.2, -0.15) is 16.8 Å². The molecule has 0 aliphatic carbocycles. The third-order valence-corrected chi connectivity index (χ3v) is 3.60. The third kappa shape index (κ3) is 6.32. The molecular formula is C11H19NO10S2. The molecular weight excluding hydrogens is 370 g/mol. The molecule has 140 valence electrons. The molecule has 11 nitrogen and oxygen atoms in total. The van der Waals surface area contributed by atoms with Crippen molar-refractivity contribution in [2.24, 2.45) is 5.16 Å². The number of hydrogen-bond acceptors (Lipinski definition) is 11. The minimum Gasteiger partial charge on any atom is -0.461 e. The average molecular weight is 389 g/mol. The summed E-state index contributed by atoms with van der Waals surface area (Å²) in [5.41, 5.74) is -0.591. The highest BCUT2D eigenvalue weighted by Gasteiger charge is 2.48. The number of ether oxygens (including phenoxy) is 2. The lowest BCUT2D eigenvalue weighted by Crippen LogP contribution is -2.54. The highest BCUT2D eigenvalue weighted by Crippen LogP contribution is 2.24. The van der Waals surface area contributed by atoms with Crippen molar-refractivity contribution in [1.82, 2.24) is 0 Å². The van der Waals surface area contributed by atoms with E-state index < -0.39 is 50.4 Å². The highest BCUT2D eigenvalue weighted by atomic mass is 32.2. The smallest absolute Gasteiger partial charge is 0.359 e. The maximum absolute atomic E-state index is 11.9. The number of carbonyl (C=O) groups excluding carboxylic acids is 1. The van der Waals surface area contributed by atoms with Gasteiger partial charge in [-0.15, -0.1) is 0 Å². The summed E-state index contributed by atoms with van der Waals surface area (Å²) in [5.74, 6) is -1.04. The van der Waals surface area contributed by atoms with Crippen LogP contribution < -0.4 is 0 Å². The van der Waals surface area contributed by atoms with Crippen LogP contribution in [-0.2, 0) is 47.7 Å². The number of rotatable bonds is 8. The normalized spacial score (nSPS) is 24.8. The number of hydrogen-bond donors (Lipinski definition) is 0. The molecule has 3 atom stereocenters. The summed E-state index contributed by atoms with van der Waals surface area (Å²) in [4.78, 5) is 16.8. The van der Waals surface area contributed by atoms with Gasteiger partial charge in [-0.25, -0.2) is 4.79 Å². The molecule has 0 bridgehead atoms. The topological polar surface area (TPSA) is 144 Å². The molecule has 24 heavy (non-hydrogen) atoms. The van der Waals surface area contributed by atoms with Crippen molar-refractivity contribution in [3.63, 3.8) is 0 Å². The van der Waals surface area contributed by atoms with E-state index in [1.165, 1.54) is 6.92 Å². The molecule has 1 heterocycles. The van der Waals surface area contributed by atoms with Crippen LogP contribution in [0.3, 0.4) is 0 Å². The summed E-state index contributed by atoms with van der Waals surface area (Å²) < 4.78 is 65.4. The van der Waals surface area contributed by atoms with Gasteiger partial charge in [-0.3, -0.25) is 8.37 Å². The Labute approximate surface area is 140 Å². The van der Waals surface area contributed by atoms with E-state index in [4.69, 9.17) is 22.7 Å². The van der Waals surface area contributed by atoms with E-state index in [0.717, 1.165) is 12.5 Å². The van der Waals surface area contributed by atoms with E-state index in [-0.39, 0.29) is 13.2 Å². The zero-order chi connectivity index (χ0) is 18.5. The summed E-state index contributed by atoms with van der Waals surface area (Å²) in [6.07, 6.45) is -3.29. The van der Waals surface area contributed by atoms with Gasteiger partial charge in [-0.1, -0.05) is 5.16 Å². The van der Waals surface area contributed by atoms with Crippen molar-refractivity contribution in [1.29, 1.82) is 0 Å². The molecule has 0 aromatic rings. The van der Waals surface area contributed by atoms with E-state index in [2.05, 4.69) is 5.16 Å². The second-order valence-corrected chi connectivity index (χ2v) is 7.81. The number of nitrogens with zero attached hydrogens (tertiary/aromatic N) is 1. The molecule has 0 spiro atoms. The maximum atomic E-state index is 11.9. The molecule has 0 N–H and O–H groups in total. The van der Waals surface area contributed by atoms with E-state index in [9.17, 15) is 21.6 Å². The third-order valence-electron chi connectivity index (χ3n) is 2.47. The average Bonchev–Trinajstić information content (AvgIpc) is 2.40. The summed E-state index contributed by atoms with van der Waals surface area (Å²) in [6.45, 7) is 3.14. The molecule has 1 aliphatic rings. The first kappa shape index (κ1) is 20.8. The molecule has 13 heteroatoms. The lowest BCUT2D eigenvalue weighted by atomic mass is 10.1. The molecule has 1 rings (SSSR count). The molecule has 0 saturated heterocycles. The first-order chi connectivity index (χ1) is 11.0. The monoisotopic (exact) mass is 389 g/mol. The predicted molar refractivity (Wildman–Crippen MR) is 80.0 cm³/mol. The Morgan fingerprint density at radius 3 is 2.12 bits per heavy atom. The number of carbonyl (C=O) groups is 1. The van der Waals surface area contributed by atoms with Crippen molar-refractivity contribution >= 4 is 31.9 Å². The van der Waals surface area contributed by atoms with Crippen LogP contribution in [0.4, 0.5) is 0 Å². The van der Waals surface area contributed by atoms with Crippen LogP contribution in [0, 0.1) is 0 Å². The van der Waals surface area contributed by atoms with Gasteiger partial charge >= 0.3 is 5.97 Å². The van der Waals surface area contributed by atoms with Gasteiger partial charge in [-0.05, 0) is 13.8 Å². The standard InChI is InChI=1S/C11H19NO10S2/c1-5-18-10(13)7-8(21-23(3,14)15)9(22-24(4,16)17)11(19-6-2)20-12-7/h8-9,11H,5-6H2,1-4H3/t8-,9-,11-/m0/s1. The zero-order valence-corrected chi connectivity index (χ0v) is 15.1. The largest absolute Gasteiger partial charge is 0.461 e. The van der Waals surface area contributed by atoms with Crippen LogP contribution in [0.25, 0.3) is 0 Å². The quantitative estimate of drug-likeness (QED) is 0.374. The van der Waals surface area contributed by atoms with Crippen LogP contribution >= 0.6 is 0 Å². The van der Waals surface area contributed by atoms with E-state index in [0.29, 0.717) is 0 Å². The maximum Gasteiger partial charge on any atom is 0.359 e. The number of oxime groups is 1. The Balaban J connectivity index is 3.31. The summed E-state index contributed by atoms with van der Waals surface area (Å²) in [6, 6.07) is 0. The Hall–Kier alpha value is -1.28. The Morgan fingerprint density at radius 2 is 1.67 bits per heavy atom. The van der Waals surface area contributed by atoms with Gasteiger partial charge in [0.25, 0.3) is 26.5 Å². The first-order valence-corrected chi connectivity index (χ1v) is 10.4. The van der Waals surface area contributed by atoms with Gasteiger partial charge in [0.1, 0.15) is 0 Å². The SMILES string of the molecule is CCOC(=O)C1=NO[C@H](OCC)[C@@H](OS(C)(=O)=O)[C@H]1OS(C)(=O)=O. The van der Waals surface area contributed by atoms with Gasteiger partial charge in [0.15, 0.2) is 17.9 Å². The van der Waals surface area contributed by atoms with Crippen molar-refractivity contribution < 1.29 is 44.3 Å². The van der Waals surface area contributed by atoms with Crippen molar-refractivity contribution in [3.05, 3.63) is 0 Å². The number of esters is 1. The van der Waals surface area contributed by atoms with E-state index >= 15 is 0 Å². The van der Waals surface area contributed by atoms with E-state index in [1.807, 2.05) is 0 Å². The van der Waals surface area contributed by atoms with Gasteiger partial charge in [0.2, 0.25) is 0 Å². The molecule has 0 aromatic heterocycles. The van der Waals surface area contributed by atoms with Gasteiger partial charge < -0.3 is 14.3 Å². The minimum absolute atomic E-state index is 0.0318. The van der Waals surface area contributed by atoms with Crippen molar-refractivity contribution in [2.75, 3.05) is 25.7 Å². The summed E-state index contributed by atoms with van der Waals surface area (Å²) in [5, 5.41) is 3.45. The van der Waals surface area contributed by atoms with E-state index in [1.54, 1.807) is 6.92 Å². The van der Waals surface area contributed by atoms with Crippen LogP contribution in [0.15, 0.2) is 5.16 Å². The molecule has 0 fully saturated rings. The fraction of sp³-hybridized carbons (Fsp3) is 0.818. The fourth-order valence-corrected chi connectivity index (χ4v) is 2.93. The molecule has 0 saturated carbocycles. The Morgan fingerprint density at radius 1 is 1.08 bits per heavy atom. The van der Waals surface area contributed by atoms with Crippen LogP contribution in [0.1, 0.15) is 13.8 Å². The minimum atomic E-state index is -4.11. The molecule has 0 radical (unpaired) electrons. The molecule has 0 amide bonds. The lowest BCUT2D eigenvalue weighted by Gasteiger charge is -2.33. The molecule has 0 unspecified atom stereocenters. The van der Waals surface area contributed by atoms with Gasteiger partial charge in [0.05, 0.1) is 19.1 Å². The zero-order valence-electron chi connectivity index (χ0n) is 13.5. The fourth-order valence-electron chi connectivity index (χ4n) is 1.75. The summed E-state index contributed by atoms with van der Waals surface area (Å²) >= 11 is 0. The predicted octanol–water partition coefficient (Wildman–Crippen LogP) is -1.01. The highest BCUT2D eigenvalue weighted by molar-refractivity contribution is 7.86. The second kappa shape index (κ2) is 8.20. The van der Waals surface area contributed by atoms with Crippen LogP contribution in [0.5, 0.6) is 0 Å². The Bertz CT molecular complexity index is 684. The lowest BCUT2D eigenvalue weighted by molar-refractivity contribution is -0.206. The Kier molecular flexibility index (Phi) is 7.10. The first-order valence-electron chi connectivity index (χ1n) is 6.77. The molecule has 0 aromatic carbocycles. The van der Waals surface area contributed by atoms with Crippen molar-refractivity contribution in [2.45, 2.75) is 32.3 Å². The van der Waals surface area contributed by atoms with Crippen LogP contribution in [-0.4, -0.2) is 72.7 Å².